The average molecular weight is 320 g/mol. The molecule has 1 fully saturated rings. The molecule has 2 aliphatic heterocycles. The van der Waals surface area contributed by atoms with Crippen molar-refractivity contribution in [3.8, 4) is 5.75 Å². The van der Waals surface area contributed by atoms with Gasteiger partial charge in [-0.25, -0.2) is 4.79 Å². The van der Waals surface area contributed by atoms with Crippen LogP contribution in [0.5, 0.6) is 5.75 Å². The minimum atomic E-state index is -0.520. The van der Waals surface area contributed by atoms with E-state index >= 15 is 0 Å². The lowest BCUT2D eigenvalue weighted by molar-refractivity contribution is 0.0636. The maximum absolute atomic E-state index is 11.9. The number of hydrogen-bond acceptors (Lipinski definition) is 5. The highest BCUT2D eigenvalue weighted by atomic mass is 16.6. The topological polar surface area (TPSA) is 60.0 Å². The van der Waals surface area contributed by atoms with Crippen LogP contribution in [0.15, 0.2) is 18.2 Å². The molecule has 0 spiro atoms. The molecule has 0 aliphatic carbocycles. The number of carbonyl (C=O) groups is 1. The number of nitrogens with zero attached hydrogens (tertiary/aromatic N) is 1. The van der Waals surface area contributed by atoms with E-state index in [4.69, 9.17) is 14.2 Å². The van der Waals surface area contributed by atoms with Crippen LogP contribution in [0.1, 0.15) is 27.2 Å². The van der Waals surface area contributed by atoms with Gasteiger partial charge in [-0.3, -0.25) is 5.32 Å². The number of carbonyl (C=O) groups excluding carboxylic acids is 1. The molecule has 2 heterocycles. The summed E-state index contributed by atoms with van der Waals surface area (Å²) in [4.78, 5) is 14.2. The van der Waals surface area contributed by atoms with Crippen LogP contribution in [0.3, 0.4) is 0 Å². The lowest BCUT2D eigenvalue weighted by atomic mass is 10.1. The summed E-state index contributed by atoms with van der Waals surface area (Å²) in [6, 6.07) is 6.11. The van der Waals surface area contributed by atoms with Crippen molar-refractivity contribution in [3.05, 3.63) is 18.2 Å². The molecule has 1 aromatic rings. The van der Waals surface area contributed by atoms with E-state index in [-0.39, 0.29) is 0 Å². The first-order chi connectivity index (χ1) is 10.9. The van der Waals surface area contributed by atoms with Crippen molar-refractivity contribution >= 4 is 17.5 Å². The number of anilines is 2. The van der Waals surface area contributed by atoms with E-state index in [9.17, 15) is 4.79 Å². The summed E-state index contributed by atoms with van der Waals surface area (Å²) in [7, 11) is 0. The molecule has 0 bridgehead atoms. The number of benzene rings is 1. The molecule has 1 aromatic carbocycles. The van der Waals surface area contributed by atoms with E-state index in [1.165, 1.54) is 0 Å². The van der Waals surface area contributed by atoms with Crippen LogP contribution in [0.2, 0.25) is 0 Å². The molecule has 6 heteroatoms. The third kappa shape index (κ3) is 3.88. The van der Waals surface area contributed by atoms with Gasteiger partial charge in [0.15, 0.2) is 0 Å². The van der Waals surface area contributed by atoms with E-state index in [0.29, 0.717) is 18.3 Å². The Bertz CT molecular complexity index is 576. The molecule has 3 rings (SSSR count). The Morgan fingerprint density at radius 2 is 2.17 bits per heavy atom. The normalized spacial score (nSPS) is 20.7. The van der Waals surface area contributed by atoms with E-state index in [0.717, 1.165) is 37.6 Å². The van der Waals surface area contributed by atoms with Crippen LogP contribution >= 0.6 is 0 Å². The maximum atomic E-state index is 11.9. The second-order valence-electron chi connectivity index (χ2n) is 6.87. The molecule has 126 valence electrons. The fourth-order valence-electron chi connectivity index (χ4n) is 2.89. The molecule has 1 saturated heterocycles. The van der Waals surface area contributed by atoms with Crippen LogP contribution < -0.4 is 15.0 Å². The zero-order chi connectivity index (χ0) is 16.4. The van der Waals surface area contributed by atoms with Crippen molar-refractivity contribution in [2.24, 2.45) is 0 Å². The lowest BCUT2D eigenvalue weighted by Gasteiger charge is -2.35. The van der Waals surface area contributed by atoms with Crippen LogP contribution in [-0.2, 0) is 9.47 Å². The molecule has 1 amide bonds. The number of amides is 1. The first kappa shape index (κ1) is 15.9. The van der Waals surface area contributed by atoms with Crippen molar-refractivity contribution in [2.75, 3.05) is 36.6 Å². The van der Waals surface area contributed by atoms with Gasteiger partial charge in [0.05, 0.1) is 24.9 Å². The van der Waals surface area contributed by atoms with Gasteiger partial charge in [-0.1, -0.05) is 0 Å². The first-order valence-electron chi connectivity index (χ1n) is 8.04. The van der Waals surface area contributed by atoms with Crippen molar-refractivity contribution in [3.63, 3.8) is 0 Å². The van der Waals surface area contributed by atoms with E-state index in [2.05, 4.69) is 10.2 Å². The number of ether oxygens (including phenoxy) is 3. The molecule has 6 nitrogen and oxygen atoms in total. The van der Waals surface area contributed by atoms with E-state index < -0.39 is 11.7 Å². The lowest BCUT2D eigenvalue weighted by Crippen LogP contribution is -2.41. The molecule has 0 saturated carbocycles. The fraction of sp³-hybridized carbons (Fsp3) is 0.588. The van der Waals surface area contributed by atoms with Crippen molar-refractivity contribution in [1.82, 2.24) is 0 Å². The Balaban J connectivity index is 1.73. The summed E-state index contributed by atoms with van der Waals surface area (Å²) in [5, 5.41) is 2.75. The van der Waals surface area contributed by atoms with E-state index in [1.807, 2.05) is 39.0 Å². The smallest absolute Gasteiger partial charge is 0.412 e. The van der Waals surface area contributed by atoms with Gasteiger partial charge < -0.3 is 19.1 Å². The summed E-state index contributed by atoms with van der Waals surface area (Å²) in [5.74, 6) is 0.789. The van der Waals surface area contributed by atoms with Crippen molar-refractivity contribution < 1.29 is 19.0 Å². The highest BCUT2D eigenvalue weighted by Gasteiger charge is 2.28. The zero-order valence-electron chi connectivity index (χ0n) is 13.9. The van der Waals surface area contributed by atoms with Crippen LogP contribution in [0.4, 0.5) is 16.2 Å². The molecule has 2 aliphatic rings. The van der Waals surface area contributed by atoms with E-state index in [1.54, 1.807) is 0 Å². The molecule has 0 aromatic heterocycles. The molecular weight excluding hydrogens is 296 g/mol. The zero-order valence-corrected chi connectivity index (χ0v) is 13.9. The predicted octanol–water partition coefficient (Wildman–Crippen LogP) is 3.02. The molecule has 1 unspecified atom stereocenters. The largest absolute Gasteiger partial charge is 0.489 e. The second kappa shape index (κ2) is 6.28. The predicted molar refractivity (Wildman–Crippen MR) is 88.4 cm³/mol. The third-order valence-corrected chi connectivity index (χ3v) is 3.85. The Hall–Kier alpha value is -1.95. The van der Waals surface area contributed by atoms with Gasteiger partial charge in [0, 0.05) is 18.4 Å². The number of nitrogens with one attached hydrogen (secondary N) is 1. The van der Waals surface area contributed by atoms with Crippen LogP contribution in [0.25, 0.3) is 0 Å². The quantitative estimate of drug-likeness (QED) is 0.907. The minimum Gasteiger partial charge on any atom is -0.489 e. The molecular formula is C17H24N2O4. The fourth-order valence-corrected chi connectivity index (χ4v) is 2.89. The number of fused-ring (bicyclic) bond motifs is 1. The first-order valence-corrected chi connectivity index (χ1v) is 8.04. The van der Waals surface area contributed by atoms with Gasteiger partial charge in [0.25, 0.3) is 0 Å². The highest BCUT2D eigenvalue weighted by Crippen LogP contribution is 2.36. The van der Waals surface area contributed by atoms with Crippen LogP contribution in [0, 0.1) is 0 Å². The summed E-state index contributed by atoms with van der Waals surface area (Å²) >= 11 is 0. The second-order valence-corrected chi connectivity index (χ2v) is 6.87. The molecule has 23 heavy (non-hydrogen) atoms. The number of hydrogen-bond donors (Lipinski definition) is 1. The molecule has 1 N–H and O–H groups in total. The Labute approximate surface area is 136 Å². The van der Waals surface area contributed by atoms with Gasteiger partial charge in [0.1, 0.15) is 18.0 Å². The molecule has 0 radical (unpaired) electrons. The van der Waals surface area contributed by atoms with Crippen molar-refractivity contribution in [1.29, 1.82) is 0 Å². The summed E-state index contributed by atoms with van der Waals surface area (Å²) in [5.41, 5.74) is 1.21. The van der Waals surface area contributed by atoms with Gasteiger partial charge in [0.2, 0.25) is 0 Å². The van der Waals surface area contributed by atoms with Crippen LogP contribution in [-0.4, -0.2) is 44.1 Å². The van der Waals surface area contributed by atoms with Gasteiger partial charge in [-0.15, -0.1) is 0 Å². The van der Waals surface area contributed by atoms with Gasteiger partial charge in [-0.05, 0) is 39.3 Å². The monoisotopic (exact) mass is 320 g/mol. The SMILES string of the molecule is CC(C)(C)OC(=O)Nc1ccc2c(c1)OCCN2C1CCOC1. The Morgan fingerprint density at radius 1 is 1.35 bits per heavy atom. The van der Waals surface area contributed by atoms with Gasteiger partial charge in [-0.2, -0.15) is 0 Å². The average Bonchev–Trinajstić information content (AvgIpc) is 2.98. The maximum Gasteiger partial charge on any atom is 0.412 e. The Morgan fingerprint density at radius 3 is 2.87 bits per heavy atom. The standard InChI is InChI=1S/C17H24N2O4/c1-17(2,3)23-16(20)18-12-4-5-14-15(10-12)22-9-7-19(14)13-6-8-21-11-13/h4-5,10,13H,6-9,11H2,1-3H3,(H,18,20). The summed E-state index contributed by atoms with van der Waals surface area (Å²) in [6.07, 6.45) is 0.575. The molecule has 1 atom stereocenters. The summed E-state index contributed by atoms with van der Waals surface area (Å²) < 4.78 is 16.5. The third-order valence-electron chi connectivity index (χ3n) is 3.85. The minimum absolute atomic E-state index is 0.405. The number of rotatable bonds is 2. The van der Waals surface area contributed by atoms with Crippen molar-refractivity contribution in [2.45, 2.75) is 38.8 Å². The van der Waals surface area contributed by atoms with Gasteiger partial charge >= 0.3 is 6.09 Å². The highest BCUT2D eigenvalue weighted by molar-refractivity contribution is 5.86. The Kier molecular flexibility index (Phi) is 4.35. The summed E-state index contributed by atoms with van der Waals surface area (Å²) in [6.45, 7) is 8.59.